The highest BCUT2D eigenvalue weighted by atomic mass is 16.6. The fraction of sp³-hybridized carbons (Fsp3) is 0.273. The van der Waals surface area contributed by atoms with Gasteiger partial charge in [-0.15, -0.1) is 5.10 Å². The van der Waals surface area contributed by atoms with E-state index in [2.05, 4.69) is 10.3 Å². The van der Waals surface area contributed by atoms with Gasteiger partial charge in [-0.2, -0.15) is 0 Å². The zero-order valence-corrected chi connectivity index (χ0v) is 8.61. The summed E-state index contributed by atoms with van der Waals surface area (Å²) in [5, 5.41) is 7.69. The van der Waals surface area contributed by atoms with Crippen molar-refractivity contribution < 1.29 is 9.47 Å². The molecule has 1 saturated heterocycles. The highest BCUT2D eigenvalue weighted by Gasteiger charge is 2.23. The van der Waals surface area contributed by atoms with Gasteiger partial charge in [-0.25, -0.2) is 4.68 Å². The average Bonchev–Trinajstić information content (AvgIpc) is 2.99. The van der Waals surface area contributed by atoms with Gasteiger partial charge in [0.2, 0.25) is 0 Å². The van der Waals surface area contributed by atoms with E-state index in [1.807, 2.05) is 24.3 Å². The van der Waals surface area contributed by atoms with Crippen LogP contribution in [0.3, 0.4) is 0 Å². The summed E-state index contributed by atoms with van der Waals surface area (Å²) in [5.74, 6) is 0.823. The van der Waals surface area contributed by atoms with Gasteiger partial charge >= 0.3 is 0 Å². The molecule has 3 rings (SSSR count). The van der Waals surface area contributed by atoms with Gasteiger partial charge in [0, 0.05) is 6.07 Å². The maximum absolute atomic E-state index is 5.58. The summed E-state index contributed by atoms with van der Waals surface area (Å²) < 4.78 is 12.4. The Labute approximate surface area is 92.6 Å². The first-order valence-electron chi connectivity index (χ1n) is 5.13. The molecule has 1 atom stereocenters. The molecule has 5 nitrogen and oxygen atoms in total. The van der Waals surface area contributed by atoms with Crippen molar-refractivity contribution in [2.45, 2.75) is 6.10 Å². The van der Waals surface area contributed by atoms with E-state index >= 15 is 0 Å². The summed E-state index contributed by atoms with van der Waals surface area (Å²) in [4.78, 5) is 0. The van der Waals surface area contributed by atoms with Gasteiger partial charge in [0.25, 0.3) is 0 Å². The minimum atomic E-state index is 0.273. The minimum Gasteiger partial charge on any atom is -0.491 e. The fourth-order valence-corrected chi connectivity index (χ4v) is 1.42. The maximum Gasteiger partial charge on any atom is 0.121 e. The summed E-state index contributed by atoms with van der Waals surface area (Å²) in [6.07, 6.45) is 3.71. The molecule has 1 unspecified atom stereocenters. The molecule has 82 valence electrons. The Morgan fingerprint density at radius 2 is 2.44 bits per heavy atom. The monoisotopic (exact) mass is 217 g/mol. The lowest BCUT2D eigenvalue weighted by Gasteiger charge is -2.06. The number of epoxide rings is 1. The second kappa shape index (κ2) is 3.94. The van der Waals surface area contributed by atoms with E-state index < -0.39 is 0 Å². The van der Waals surface area contributed by atoms with Crippen molar-refractivity contribution in [3.63, 3.8) is 0 Å². The van der Waals surface area contributed by atoms with Crippen molar-refractivity contribution in [1.82, 2.24) is 15.0 Å². The lowest BCUT2D eigenvalue weighted by Crippen LogP contribution is -2.04. The fourth-order valence-electron chi connectivity index (χ4n) is 1.42. The number of aromatic nitrogens is 3. The van der Waals surface area contributed by atoms with Crippen LogP contribution in [0, 0.1) is 0 Å². The van der Waals surface area contributed by atoms with E-state index in [4.69, 9.17) is 9.47 Å². The van der Waals surface area contributed by atoms with Crippen LogP contribution in [-0.2, 0) is 4.74 Å². The van der Waals surface area contributed by atoms with Crippen molar-refractivity contribution in [3.05, 3.63) is 36.7 Å². The summed E-state index contributed by atoms with van der Waals surface area (Å²) in [6.45, 7) is 1.42. The van der Waals surface area contributed by atoms with Crippen LogP contribution in [0.5, 0.6) is 5.75 Å². The zero-order valence-electron chi connectivity index (χ0n) is 8.61. The van der Waals surface area contributed by atoms with E-state index in [9.17, 15) is 0 Å². The molecule has 1 aliphatic rings. The van der Waals surface area contributed by atoms with Gasteiger partial charge in [-0.3, -0.25) is 0 Å². The van der Waals surface area contributed by atoms with E-state index in [0.29, 0.717) is 6.61 Å². The summed E-state index contributed by atoms with van der Waals surface area (Å²) in [6, 6.07) is 7.73. The van der Waals surface area contributed by atoms with Crippen molar-refractivity contribution in [2.24, 2.45) is 0 Å². The molecule has 16 heavy (non-hydrogen) atoms. The van der Waals surface area contributed by atoms with E-state index in [0.717, 1.165) is 18.0 Å². The average molecular weight is 217 g/mol. The van der Waals surface area contributed by atoms with Crippen LogP contribution >= 0.6 is 0 Å². The van der Waals surface area contributed by atoms with Gasteiger partial charge in [-0.1, -0.05) is 11.3 Å². The third-order valence-electron chi connectivity index (χ3n) is 2.34. The van der Waals surface area contributed by atoms with Gasteiger partial charge in [0.05, 0.1) is 24.7 Å². The van der Waals surface area contributed by atoms with E-state index in [1.54, 1.807) is 17.1 Å². The molecule has 2 aromatic rings. The molecule has 5 heteroatoms. The standard InChI is InChI=1S/C11H11N3O2/c1-2-9(14-5-4-12-13-14)6-10(3-1)15-7-11-8-16-11/h1-6,11H,7-8H2. The molecular formula is C11H11N3O2. The van der Waals surface area contributed by atoms with Crippen molar-refractivity contribution in [1.29, 1.82) is 0 Å². The Bertz CT molecular complexity index is 466. The van der Waals surface area contributed by atoms with Crippen LogP contribution in [0.4, 0.5) is 0 Å². The van der Waals surface area contributed by atoms with Crippen LogP contribution in [0.2, 0.25) is 0 Å². The molecule has 0 aliphatic carbocycles. The van der Waals surface area contributed by atoms with Crippen molar-refractivity contribution in [2.75, 3.05) is 13.2 Å². The molecule has 1 aromatic carbocycles. The molecule has 0 amide bonds. The Hall–Kier alpha value is -1.88. The lowest BCUT2D eigenvalue weighted by atomic mass is 10.3. The SMILES string of the molecule is c1cc(OCC2CO2)cc(-n2ccnn2)c1. The number of hydrogen-bond donors (Lipinski definition) is 0. The van der Waals surface area contributed by atoms with Crippen LogP contribution in [-0.4, -0.2) is 34.3 Å². The first-order valence-corrected chi connectivity index (χ1v) is 5.13. The predicted molar refractivity (Wildman–Crippen MR) is 56.6 cm³/mol. The minimum absolute atomic E-state index is 0.273. The third-order valence-corrected chi connectivity index (χ3v) is 2.34. The smallest absolute Gasteiger partial charge is 0.121 e. The van der Waals surface area contributed by atoms with E-state index in [-0.39, 0.29) is 6.10 Å². The lowest BCUT2D eigenvalue weighted by molar-refractivity contribution is 0.263. The second-order valence-corrected chi connectivity index (χ2v) is 3.61. The van der Waals surface area contributed by atoms with Gasteiger partial charge in [0.15, 0.2) is 0 Å². The number of hydrogen-bond acceptors (Lipinski definition) is 4. The Kier molecular flexibility index (Phi) is 2.30. The Morgan fingerprint density at radius 1 is 1.50 bits per heavy atom. The molecule has 1 aliphatic heterocycles. The maximum atomic E-state index is 5.58. The molecular weight excluding hydrogens is 206 g/mol. The second-order valence-electron chi connectivity index (χ2n) is 3.61. The Morgan fingerprint density at radius 3 is 3.19 bits per heavy atom. The van der Waals surface area contributed by atoms with Crippen molar-refractivity contribution in [3.8, 4) is 11.4 Å². The molecule has 2 heterocycles. The first kappa shape index (κ1) is 9.35. The van der Waals surface area contributed by atoms with Gasteiger partial charge in [0.1, 0.15) is 18.5 Å². The first-order chi connectivity index (χ1) is 7.92. The van der Waals surface area contributed by atoms with Crippen LogP contribution in [0.25, 0.3) is 5.69 Å². The van der Waals surface area contributed by atoms with Crippen LogP contribution in [0.15, 0.2) is 36.7 Å². The zero-order chi connectivity index (χ0) is 10.8. The van der Waals surface area contributed by atoms with Crippen LogP contribution < -0.4 is 4.74 Å². The molecule has 0 bridgehead atoms. The number of nitrogens with zero attached hydrogens (tertiary/aromatic N) is 3. The highest BCUT2D eigenvalue weighted by Crippen LogP contribution is 2.18. The molecule has 1 aromatic heterocycles. The molecule has 1 fully saturated rings. The van der Waals surface area contributed by atoms with Gasteiger partial charge in [-0.05, 0) is 12.1 Å². The third kappa shape index (κ3) is 2.04. The van der Waals surface area contributed by atoms with E-state index in [1.165, 1.54) is 0 Å². The topological polar surface area (TPSA) is 52.5 Å². The molecule has 0 spiro atoms. The Balaban J connectivity index is 1.76. The van der Waals surface area contributed by atoms with Gasteiger partial charge < -0.3 is 9.47 Å². The summed E-state index contributed by atoms with van der Waals surface area (Å²) in [5.41, 5.74) is 0.937. The predicted octanol–water partition coefficient (Wildman–Crippen LogP) is 1.04. The largest absolute Gasteiger partial charge is 0.491 e. The van der Waals surface area contributed by atoms with Crippen molar-refractivity contribution >= 4 is 0 Å². The quantitative estimate of drug-likeness (QED) is 0.718. The normalized spacial score (nSPS) is 18.4. The molecule has 0 N–H and O–H groups in total. The highest BCUT2D eigenvalue weighted by molar-refractivity contribution is 5.38. The molecule has 0 saturated carbocycles. The van der Waals surface area contributed by atoms with Crippen LogP contribution in [0.1, 0.15) is 0 Å². The number of rotatable bonds is 4. The summed E-state index contributed by atoms with van der Waals surface area (Å²) >= 11 is 0. The molecule has 0 radical (unpaired) electrons. The number of benzene rings is 1. The summed E-state index contributed by atoms with van der Waals surface area (Å²) in [7, 11) is 0. The number of ether oxygens (including phenoxy) is 2.